The van der Waals surface area contributed by atoms with Gasteiger partial charge in [-0.2, -0.15) is 0 Å². The van der Waals surface area contributed by atoms with Gasteiger partial charge in [-0.1, -0.05) is 42.2 Å². The van der Waals surface area contributed by atoms with Crippen molar-refractivity contribution < 1.29 is 14.6 Å². The van der Waals surface area contributed by atoms with Crippen LogP contribution in [-0.2, 0) is 4.79 Å². The number of thiocarbonyl (C=S) groups is 1. The summed E-state index contributed by atoms with van der Waals surface area (Å²) in [5.74, 6) is 0.575. The molecule has 0 aromatic heterocycles. The molecule has 4 nitrogen and oxygen atoms in total. The van der Waals surface area contributed by atoms with E-state index in [1.54, 1.807) is 0 Å². The third-order valence-corrected chi connectivity index (χ3v) is 2.99. The van der Waals surface area contributed by atoms with Crippen molar-refractivity contribution in [1.82, 2.24) is 5.32 Å². The van der Waals surface area contributed by atoms with Crippen LogP contribution in [0.15, 0.2) is 30.3 Å². The predicted octanol–water partition coefficient (Wildman–Crippen LogP) is 1.76. The normalized spacial score (nSPS) is 9.65. The van der Waals surface area contributed by atoms with Crippen molar-refractivity contribution in [1.29, 1.82) is 0 Å². The van der Waals surface area contributed by atoms with Gasteiger partial charge >= 0.3 is 5.97 Å². The maximum atomic E-state index is 10.3. The van der Waals surface area contributed by atoms with Gasteiger partial charge in [-0.3, -0.25) is 4.79 Å². The van der Waals surface area contributed by atoms with Gasteiger partial charge in [-0.15, -0.1) is 0 Å². The van der Waals surface area contributed by atoms with Crippen LogP contribution in [0.5, 0.6) is 5.75 Å². The molecule has 92 valence electrons. The summed E-state index contributed by atoms with van der Waals surface area (Å²) in [6, 6.07) is 9.49. The second kappa shape index (κ2) is 7.92. The van der Waals surface area contributed by atoms with Crippen LogP contribution in [0.25, 0.3) is 0 Å². The summed E-state index contributed by atoms with van der Waals surface area (Å²) in [6.07, 6.45) is 0. The molecule has 1 aromatic rings. The highest BCUT2D eigenvalue weighted by atomic mass is 32.2. The summed E-state index contributed by atoms with van der Waals surface area (Å²) in [7, 11) is 0. The first-order chi connectivity index (χ1) is 8.18. The molecule has 0 amide bonds. The molecule has 17 heavy (non-hydrogen) atoms. The van der Waals surface area contributed by atoms with E-state index in [-0.39, 0.29) is 6.54 Å². The van der Waals surface area contributed by atoms with Gasteiger partial charge in [0.15, 0.2) is 0 Å². The number of carbonyl (C=O) groups is 1. The number of ether oxygens (including phenoxy) is 1. The second-order valence-electron chi connectivity index (χ2n) is 3.04. The van der Waals surface area contributed by atoms with Gasteiger partial charge in [0.2, 0.25) is 0 Å². The maximum Gasteiger partial charge on any atom is 0.322 e. The third-order valence-electron chi connectivity index (χ3n) is 1.71. The van der Waals surface area contributed by atoms with E-state index in [0.29, 0.717) is 16.7 Å². The number of benzene rings is 1. The van der Waals surface area contributed by atoms with Crippen molar-refractivity contribution >= 4 is 34.3 Å². The first-order valence-corrected chi connectivity index (χ1v) is 6.38. The lowest BCUT2D eigenvalue weighted by atomic mass is 10.3. The van der Waals surface area contributed by atoms with E-state index in [0.717, 1.165) is 5.75 Å². The molecule has 1 rings (SSSR count). The Morgan fingerprint density at radius 3 is 2.76 bits per heavy atom. The van der Waals surface area contributed by atoms with Crippen molar-refractivity contribution in [2.45, 2.75) is 0 Å². The van der Waals surface area contributed by atoms with Gasteiger partial charge in [0.1, 0.15) is 16.6 Å². The number of carboxylic acid groups (broad SMARTS) is 1. The van der Waals surface area contributed by atoms with Crippen LogP contribution in [0.2, 0.25) is 0 Å². The summed E-state index contributed by atoms with van der Waals surface area (Å²) >= 11 is 6.31. The summed E-state index contributed by atoms with van der Waals surface area (Å²) in [6.45, 7) is 0.384. The lowest BCUT2D eigenvalue weighted by Gasteiger charge is -2.06. The Kier molecular flexibility index (Phi) is 6.42. The van der Waals surface area contributed by atoms with Gasteiger partial charge in [-0.05, 0) is 12.1 Å². The van der Waals surface area contributed by atoms with Crippen LogP contribution >= 0.6 is 24.0 Å². The number of para-hydroxylation sites is 1. The molecule has 1 aromatic carbocycles. The number of aliphatic carboxylic acids is 1. The molecule has 2 N–H and O–H groups in total. The van der Waals surface area contributed by atoms with E-state index in [1.807, 2.05) is 30.3 Å². The van der Waals surface area contributed by atoms with Crippen LogP contribution in [0, 0.1) is 0 Å². The molecule has 0 aliphatic heterocycles. The first-order valence-electron chi connectivity index (χ1n) is 4.99. The van der Waals surface area contributed by atoms with E-state index in [4.69, 9.17) is 22.1 Å². The van der Waals surface area contributed by atoms with Gasteiger partial charge in [-0.25, -0.2) is 0 Å². The minimum absolute atomic E-state index is 0.147. The fourth-order valence-electron chi connectivity index (χ4n) is 1.01. The van der Waals surface area contributed by atoms with Crippen LogP contribution in [-0.4, -0.2) is 34.3 Å². The van der Waals surface area contributed by atoms with E-state index in [2.05, 4.69) is 5.32 Å². The van der Waals surface area contributed by atoms with E-state index in [9.17, 15) is 4.79 Å². The number of thioether (sulfide) groups is 1. The lowest BCUT2D eigenvalue weighted by molar-refractivity contribution is -0.135. The van der Waals surface area contributed by atoms with Gasteiger partial charge in [0, 0.05) is 5.75 Å². The minimum Gasteiger partial charge on any atom is -0.493 e. The zero-order valence-corrected chi connectivity index (χ0v) is 10.7. The largest absolute Gasteiger partial charge is 0.493 e. The van der Waals surface area contributed by atoms with Crippen LogP contribution in [0.4, 0.5) is 0 Å². The molecule has 6 heteroatoms. The average molecular weight is 271 g/mol. The molecule has 0 heterocycles. The van der Waals surface area contributed by atoms with Crippen molar-refractivity contribution in [3.8, 4) is 5.75 Å². The Morgan fingerprint density at radius 2 is 2.12 bits per heavy atom. The fourth-order valence-corrected chi connectivity index (χ4v) is 1.86. The molecule has 0 saturated carbocycles. The van der Waals surface area contributed by atoms with Crippen LogP contribution in [0.1, 0.15) is 0 Å². The SMILES string of the molecule is O=C(O)CNC(=S)SCCOc1ccccc1. The minimum atomic E-state index is -0.923. The van der Waals surface area contributed by atoms with Crippen LogP contribution < -0.4 is 10.1 Å². The lowest BCUT2D eigenvalue weighted by Crippen LogP contribution is -2.26. The quantitative estimate of drug-likeness (QED) is 0.607. The predicted molar refractivity (Wildman–Crippen MR) is 72.6 cm³/mol. The van der Waals surface area contributed by atoms with Crippen molar-refractivity contribution in [3.63, 3.8) is 0 Å². The Bertz CT molecular complexity index is 370. The monoisotopic (exact) mass is 271 g/mol. The molecule has 0 radical (unpaired) electrons. The van der Waals surface area contributed by atoms with Gasteiger partial charge < -0.3 is 15.2 Å². The zero-order valence-electron chi connectivity index (χ0n) is 9.09. The second-order valence-corrected chi connectivity index (χ2v) is 4.82. The third kappa shape index (κ3) is 6.80. The molecule has 0 fully saturated rings. The number of hydrogen-bond acceptors (Lipinski definition) is 4. The Morgan fingerprint density at radius 1 is 1.41 bits per heavy atom. The first kappa shape index (κ1) is 13.8. The molecule has 0 aliphatic rings. The molecule has 0 unspecified atom stereocenters. The van der Waals surface area contributed by atoms with Crippen LogP contribution in [0.3, 0.4) is 0 Å². The maximum absolute atomic E-state index is 10.3. The molecule has 0 atom stereocenters. The number of nitrogens with one attached hydrogen (secondary N) is 1. The summed E-state index contributed by atoms with van der Waals surface area (Å²) in [5, 5.41) is 11.0. The van der Waals surface area contributed by atoms with Gasteiger partial charge in [0.05, 0.1) is 6.61 Å². The van der Waals surface area contributed by atoms with Crippen molar-refractivity contribution in [3.05, 3.63) is 30.3 Å². The summed E-state index contributed by atoms with van der Waals surface area (Å²) in [4.78, 5) is 10.3. The molecular formula is C11H13NO3S2. The number of rotatable bonds is 6. The smallest absolute Gasteiger partial charge is 0.322 e. The molecule has 0 saturated heterocycles. The zero-order chi connectivity index (χ0) is 12.5. The molecular weight excluding hydrogens is 258 g/mol. The number of carboxylic acids is 1. The van der Waals surface area contributed by atoms with Crippen molar-refractivity contribution in [2.24, 2.45) is 0 Å². The van der Waals surface area contributed by atoms with E-state index >= 15 is 0 Å². The molecule has 0 aliphatic carbocycles. The highest BCUT2D eigenvalue weighted by Crippen LogP contribution is 2.09. The van der Waals surface area contributed by atoms with E-state index < -0.39 is 5.97 Å². The highest BCUT2D eigenvalue weighted by Gasteiger charge is 2.00. The fraction of sp³-hybridized carbons (Fsp3) is 0.273. The van der Waals surface area contributed by atoms with E-state index in [1.165, 1.54) is 11.8 Å². The molecule has 0 spiro atoms. The summed E-state index contributed by atoms with van der Waals surface area (Å²) < 4.78 is 5.93. The van der Waals surface area contributed by atoms with Gasteiger partial charge in [0.25, 0.3) is 0 Å². The topological polar surface area (TPSA) is 58.6 Å². The standard InChI is InChI=1S/C11H13NO3S2/c13-10(14)8-12-11(16)17-7-6-15-9-4-2-1-3-5-9/h1-5H,6-8H2,(H,12,16)(H,13,14). The Hall–Kier alpha value is -1.27. The highest BCUT2D eigenvalue weighted by molar-refractivity contribution is 8.22. The Balaban J connectivity index is 2.08. The number of hydrogen-bond donors (Lipinski definition) is 2. The Labute approximate surface area is 109 Å². The average Bonchev–Trinajstić information content (AvgIpc) is 2.33. The van der Waals surface area contributed by atoms with Crippen molar-refractivity contribution in [2.75, 3.05) is 18.9 Å². The molecule has 0 bridgehead atoms. The summed E-state index contributed by atoms with van der Waals surface area (Å²) in [5.41, 5.74) is 0.